The van der Waals surface area contributed by atoms with Crippen LogP contribution in [0.2, 0.25) is 0 Å². The lowest BCUT2D eigenvalue weighted by Crippen LogP contribution is -2.64. The zero-order chi connectivity index (χ0) is 49.1. The minimum absolute atomic E-state index is 0.0194. The first-order valence-electron chi connectivity index (χ1n) is 23.6. The van der Waals surface area contributed by atoms with Crippen LogP contribution in [0, 0.1) is 0 Å². The second-order valence-corrected chi connectivity index (χ2v) is 18.9. The summed E-state index contributed by atoms with van der Waals surface area (Å²) >= 11 is 0. The van der Waals surface area contributed by atoms with Gasteiger partial charge in [0, 0.05) is 12.8 Å². The maximum Gasteiger partial charge on any atom is 0.472 e. The molecule has 1 aliphatic carbocycles. The van der Waals surface area contributed by atoms with Crippen LogP contribution in [-0.2, 0) is 41.8 Å². The Morgan fingerprint density at radius 2 is 1.08 bits per heavy atom. The van der Waals surface area contributed by atoms with Gasteiger partial charge in [0.25, 0.3) is 0 Å². The third-order valence-corrected chi connectivity index (χ3v) is 11.9. The number of phosphoric acid groups is 2. The Hall–Kier alpha value is -2.60. The van der Waals surface area contributed by atoms with E-state index in [0.29, 0.717) is 32.1 Å². The maximum absolute atomic E-state index is 13.0. The molecular weight excluding hydrogens is 898 g/mol. The van der Waals surface area contributed by atoms with Crippen LogP contribution in [0.25, 0.3) is 0 Å². The van der Waals surface area contributed by atoms with Crippen molar-refractivity contribution in [1.29, 1.82) is 0 Å². The van der Waals surface area contributed by atoms with Gasteiger partial charge in [0.15, 0.2) is 6.10 Å². The standard InChI is InChI=1S/C47H80O17P2/c1-3-5-7-8-9-10-11-12-13-14-19-22-25-28-31-35-41(50)62-39(37-61-66(58,59)64-47-44(53)42(51)43(52)46(45(47)54)63-65(55,56)57)36-60-40(49)34-30-27-24-21-18-16-15-17-20-23-26-29-33-38(48)32-6-4-2/h5-7,15-16,20-21,23-24,26,29,32,38-39,42-48,51-54H,3-4,8-14,17-19,22,25,27-28,30-31,33-37H2,1-2H3,(H,58,59)(H2,55,56,57)/b7-5-,16-15-,23-20-,24-21-,29-26+,32-6-/t38?,39-,42?,43?,44?,45?,46-,47+/m1/s1. The molecule has 0 heterocycles. The molecule has 0 bridgehead atoms. The fourth-order valence-electron chi connectivity index (χ4n) is 6.73. The summed E-state index contributed by atoms with van der Waals surface area (Å²) in [4.78, 5) is 54.2. The van der Waals surface area contributed by atoms with Gasteiger partial charge in [-0.25, -0.2) is 9.13 Å². The van der Waals surface area contributed by atoms with E-state index in [-0.39, 0.29) is 12.8 Å². The van der Waals surface area contributed by atoms with Gasteiger partial charge in [-0.05, 0) is 64.2 Å². The van der Waals surface area contributed by atoms with Crippen molar-refractivity contribution in [3.63, 3.8) is 0 Å². The first-order chi connectivity index (χ1) is 31.5. The van der Waals surface area contributed by atoms with Crippen molar-refractivity contribution < 1.29 is 82.0 Å². The number of unbranched alkanes of at least 4 members (excludes halogenated alkanes) is 12. The number of ether oxygens (including phenoxy) is 2. The number of allylic oxidation sites excluding steroid dienone is 10. The Balaban J connectivity index is 2.64. The van der Waals surface area contributed by atoms with Crippen LogP contribution >= 0.6 is 15.6 Å². The van der Waals surface area contributed by atoms with E-state index in [1.807, 2.05) is 61.6 Å². The Bertz CT molecular complexity index is 1570. The number of aliphatic hydroxyl groups is 5. The summed E-state index contributed by atoms with van der Waals surface area (Å²) in [7, 11) is -10.7. The molecule has 0 aromatic heterocycles. The third-order valence-electron chi connectivity index (χ3n) is 10.4. The smallest absolute Gasteiger partial charge is 0.462 e. The molecule has 0 amide bonds. The predicted molar refractivity (Wildman–Crippen MR) is 252 cm³/mol. The first kappa shape index (κ1) is 61.4. The average Bonchev–Trinajstić information content (AvgIpc) is 3.27. The van der Waals surface area contributed by atoms with Crippen molar-refractivity contribution in [2.75, 3.05) is 13.2 Å². The fourth-order valence-corrected chi connectivity index (χ4v) is 8.27. The van der Waals surface area contributed by atoms with Gasteiger partial charge in [0.2, 0.25) is 0 Å². The number of hydrogen-bond acceptors (Lipinski definition) is 14. The molecule has 0 radical (unpaired) electrons. The Labute approximate surface area is 392 Å². The lowest BCUT2D eigenvalue weighted by atomic mass is 9.85. The van der Waals surface area contributed by atoms with Crippen molar-refractivity contribution in [2.24, 2.45) is 0 Å². The number of esters is 2. The Kier molecular flexibility index (Phi) is 34.7. The molecule has 9 atom stereocenters. The number of carbonyl (C=O) groups is 2. The largest absolute Gasteiger partial charge is 0.472 e. The molecule has 19 heteroatoms. The molecule has 0 aliphatic heterocycles. The molecule has 1 fully saturated rings. The van der Waals surface area contributed by atoms with Gasteiger partial charge in [-0.2, -0.15) is 0 Å². The van der Waals surface area contributed by atoms with Crippen molar-refractivity contribution >= 4 is 27.6 Å². The lowest BCUT2D eigenvalue weighted by molar-refractivity contribution is -0.216. The summed E-state index contributed by atoms with van der Waals surface area (Å²) in [5.74, 6) is -1.30. The van der Waals surface area contributed by atoms with Crippen LogP contribution in [0.3, 0.4) is 0 Å². The Morgan fingerprint density at radius 3 is 1.70 bits per heavy atom. The average molecular weight is 979 g/mol. The summed E-state index contributed by atoms with van der Waals surface area (Å²) in [5, 5.41) is 51.0. The van der Waals surface area contributed by atoms with E-state index in [2.05, 4.69) is 23.6 Å². The van der Waals surface area contributed by atoms with E-state index in [4.69, 9.17) is 18.5 Å². The van der Waals surface area contributed by atoms with Crippen LogP contribution in [0.1, 0.15) is 149 Å². The Morgan fingerprint density at radius 1 is 0.561 bits per heavy atom. The predicted octanol–water partition coefficient (Wildman–Crippen LogP) is 7.81. The second-order valence-electron chi connectivity index (χ2n) is 16.3. The lowest BCUT2D eigenvalue weighted by Gasteiger charge is -2.43. The second kappa shape index (κ2) is 37.3. The molecule has 66 heavy (non-hydrogen) atoms. The summed E-state index contributed by atoms with van der Waals surface area (Å²) in [6.45, 7) is 2.73. The molecule has 17 nitrogen and oxygen atoms in total. The van der Waals surface area contributed by atoms with Gasteiger partial charge >= 0.3 is 27.6 Å². The van der Waals surface area contributed by atoms with Gasteiger partial charge in [-0.3, -0.25) is 23.2 Å². The summed E-state index contributed by atoms with van der Waals surface area (Å²) in [6, 6.07) is 0. The molecule has 1 saturated carbocycles. The van der Waals surface area contributed by atoms with Crippen molar-refractivity contribution in [3.05, 3.63) is 72.9 Å². The highest BCUT2D eigenvalue weighted by Gasteiger charge is 2.54. The van der Waals surface area contributed by atoms with Crippen LogP contribution in [0.5, 0.6) is 0 Å². The first-order valence-corrected chi connectivity index (χ1v) is 26.6. The maximum atomic E-state index is 13.0. The van der Waals surface area contributed by atoms with Gasteiger partial charge < -0.3 is 49.7 Å². The van der Waals surface area contributed by atoms with Gasteiger partial charge in [-0.15, -0.1) is 0 Å². The van der Waals surface area contributed by atoms with Crippen LogP contribution in [0.4, 0.5) is 0 Å². The molecule has 0 spiro atoms. The highest BCUT2D eigenvalue weighted by molar-refractivity contribution is 7.47. The van der Waals surface area contributed by atoms with Gasteiger partial charge in [0.1, 0.15) is 43.2 Å². The molecule has 0 saturated heterocycles. The topological polar surface area (TPSA) is 276 Å². The van der Waals surface area contributed by atoms with Gasteiger partial charge in [0.05, 0.1) is 12.7 Å². The van der Waals surface area contributed by atoms with E-state index in [0.717, 1.165) is 57.8 Å². The minimum Gasteiger partial charge on any atom is -0.462 e. The van der Waals surface area contributed by atoms with Gasteiger partial charge in [-0.1, -0.05) is 145 Å². The normalized spacial score (nSPS) is 22.6. The SMILES string of the molecule is CC/C=C\CCCCCCCCCCCCCC(=O)O[C@H](COC(=O)CCC/C=C\C/C=C\C/C=C\C=C\CC(O)/C=C\CC)COP(=O)(O)O[C@H]1C(O)C(O)C(O)[C@@H](OP(=O)(O)O)C1O. The molecule has 1 aliphatic rings. The molecule has 0 aromatic carbocycles. The van der Waals surface area contributed by atoms with Crippen LogP contribution < -0.4 is 0 Å². The number of phosphoric ester groups is 2. The van der Waals surface area contributed by atoms with E-state index in [1.165, 1.54) is 32.1 Å². The minimum atomic E-state index is -5.38. The highest BCUT2D eigenvalue weighted by atomic mass is 31.2. The van der Waals surface area contributed by atoms with E-state index >= 15 is 0 Å². The molecule has 380 valence electrons. The summed E-state index contributed by atoms with van der Waals surface area (Å²) in [5.41, 5.74) is 0. The zero-order valence-corrected chi connectivity index (χ0v) is 40.7. The van der Waals surface area contributed by atoms with Crippen molar-refractivity contribution in [1.82, 2.24) is 0 Å². The summed E-state index contributed by atoms with van der Waals surface area (Å²) in [6.07, 6.45) is 26.4. The summed E-state index contributed by atoms with van der Waals surface area (Å²) < 4.78 is 49.3. The van der Waals surface area contributed by atoms with E-state index in [1.54, 1.807) is 6.08 Å². The highest BCUT2D eigenvalue weighted by Crippen LogP contribution is 2.49. The van der Waals surface area contributed by atoms with E-state index < -0.39 is 89.6 Å². The third kappa shape index (κ3) is 31.4. The quantitative estimate of drug-likeness (QED) is 0.00963. The zero-order valence-electron chi connectivity index (χ0n) is 39.0. The molecule has 0 aromatic rings. The molecule has 8 N–H and O–H groups in total. The number of rotatable bonds is 38. The molecular formula is C47H80O17P2. The number of carbonyl (C=O) groups excluding carboxylic acids is 2. The van der Waals surface area contributed by atoms with Crippen LogP contribution in [-0.4, -0.2) is 114 Å². The molecule has 1 rings (SSSR count). The monoisotopic (exact) mass is 978 g/mol. The molecule has 6 unspecified atom stereocenters. The van der Waals surface area contributed by atoms with E-state index in [9.17, 15) is 58.9 Å². The number of aliphatic hydroxyl groups excluding tert-OH is 5. The van der Waals surface area contributed by atoms with Crippen molar-refractivity contribution in [2.45, 2.75) is 198 Å². The number of hydrogen-bond donors (Lipinski definition) is 8. The van der Waals surface area contributed by atoms with Crippen molar-refractivity contribution in [3.8, 4) is 0 Å². The van der Waals surface area contributed by atoms with Crippen LogP contribution in [0.15, 0.2) is 72.9 Å². The fraction of sp³-hybridized carbons (Fsp3) is 0.702.